The highest BCUT2D eigenvalue weighted by atomic mass is 16.6. The zero-order valence-electron chi connectivity index (χ0n) is 24.2. The lowest BCUT2D eigenvalue weighted by molar-refractivity contribution is 0.0270. The first-order chi connectivity index (χ1) is 20.2. The van der Waals surface area contributed by atoms with Crippen molar-refractivity contribution in [2.24, 2.45) is 0 Å². The van der Waals surface area contributed by atoms with E-state index in [0.29, 0.717) is 44.5 Å². The summed E-state index contributed by atoms with van der Waals surface area (Å²) in [5.74, 6) is 1.03. The van der Waals surface area contributed by atoms with E-state index >= 15 is 0 Å². The number of pyridine rings is 1. The molecule has 1 aromatic heterocycles. The molecule has 0 spiro atoms. The van der Waals surface area contributed by atoms with Crippen LogP contribution in [0.15, 0.2) is 97.1 Å². The number of aromatic nitrogens is 1. The Morgan fingerprint density at radius 1 is 0.857 bits per heavy atom. The third-order valence-corrected chi connectivity index (χ3v) is 6.80. The van der Waals surface area contributed by atoms with Gasteiger partial charge in [-0.2, -0.15) is 4.98 Å². The van der Waals surface area contributed by atoms with Crippen molar-refractivity contribution in [1.29, 1.82) is 0 Å². The predicted molar refractivity (Wildman–Crippen MR) is 163 cm³/mol. The average Bonchev–Trinajstić information content (AvgIpc) is 2.99. The van der Waals surface area contributed by atoms with Gasteiger partial charge in [0, 0.05) is 30.3 Å². The van der Waals surface area contributed by atoms with Crippen molar-refractivity contribution in [3.8, 4) is 28.6 Å². The van der Waals surface area contributed by atoms with Crippen LogP contribution in [-0.4, -0.2) is 39.8 Å². The van der Waals surface area contributed by atoms with Crippen LogP contribution in [0.3, 0.4) is 0 Å². The normalized spacial score (nSPS) is 13.3. The number of hydrogen-bond acceptors (Lipinski definition) is 6. The number of phenolic OH excluding ortho intramolecular Hbond substituents is 1. The van der Waals surface area contributed by atoms with Gasteiger partial charge in [-0.1, -0.05) is 78.9 Å². The molecule has 7 heteroatoms. The molecule has 1 aliphatic heterocycles. The van der Waals surface area contributed by atoms with E-state index in [1.54, 1.807) is 11.0 Å². The zero-order valence-corrected chi connectivity index (χ0v) is 24.2. The highest BCUT2D eigenvalue weighted by Gasteiger charge is 2.24. The maximum absolute atomic E-state index is 12.4. The van der Waals surface area contributed by atoms with Crippen LogP contribution in [0.25, 0.3) is 16.7 Å². The van der Waals surface area contributed by atoms with Crippen molar-refractivity contribution >= 4 is 11.7 Å². The molecule has 0 saturated heterocycles. The molecule has 0 fully saturated rings. The maximum atomic E-state index is 12.4. The molecule has 0 radical (unpaired) electrons. The van der Waals surface area contributed by atoms with Crippen LogP contribution in [-0.2, 0) is 18.0 Å². The molecule has 0 bridgehead atoms. The van der Waals surface area contributed by atoms with Gasteiger partial charge in [0.05, 0.1) is 0 Å². The lowest BCUT2D eigenvalue weighted by Crippen LogP contribution is -2.39. The Balaban J connectivity index is 1.36. The van der Waals surface area contributed by atoms with E-state index in [-0.39, 0.29) is 11.8 Å². The SMILES string of the molecule is CC(C)(C)OC(=O)N1CC=C(c2ccc(-c3ccc(OCc4ccccc4)nc3OCc3ccccc3)cc2O)CC1. The van der Waals surface area contributed by atoms with Gasteiger partial charge in [-0.25, -0.2) is 4.79 Å². The van der Waals surface area contributed by atoms with Crippen LogP contribution < -0.4 is 9.47 Å². The van der Waals surface area contributed by atoms with E-state index < -0.39 is 5.60 Å². The molecule has 1 amide bonds. The van der Waals surface area contributed by atoms with Gasteiger partial charge >= 0.3 is 6.09 Å². The Hall–Kier alpha value is -4.78. The summed E-state index contributed by atoms with van der Waals surface area (Å²) in [7, 11) is 0. The van der Waals surface area contributed by atoms with E-state index in [4.69, 9.17) is 14.2 Å². The van der Waals surface area contributed by atoms with Crippen LogP contribution in [0.5, 0.6) is 17.5 Å². The molecule has 2 heterocycles. The Kier molecular flexibility index (Phi) is 8.77. The Bertz CT molecular complexity index is 1550. The van der Waals surface area contributed by atoms with Crippen LogP contribution in [0, 0.1) is 0 Å². The van der Waals surface area contributed by atoms with Gasteiger partial charge in [-0.05, 0) is 61.6 Å². The van der Waals surface area contributed by atoms with Gasteiger partial charge in [-0.15, -0.1) is 0 Å². The number of nitrogens with zero attached hydrogens (tertiary/aromatic N) is 2. The number of phenols is 1. The molecular weight excluding hydrogens is 528 g/mol. The molecule has 0 unspecified atom stereocenters. The highest BCUT2D eigenvalue weighted by molar-refractivity contribution is 5.78. The summed E-state index contributed by atoms with van der Waals surface area (Å²) < 4.78 is 17.7. The molecule has 0 saturated carbocycles. The largest absolute Gasteiger partial charge is 0.507 e. The number of benzene rings is 3. The van der Waals surface area contributed by atoms with Crippen LogP contribution in [0.4, 0.5) is 4.79 Å². The number of hydrogen-bond donors (Lipinski definition) is 1. The fraction of sp³-hybridized carbons (Fsp3) is 0.257. The number of ether oxygens (including phenoxy) is 3. The van der Waals surface area contributed by atoms with E-state index in [0.717, 1.165) is 33.4 Å². The molecule has 1 N–H and O–H groups in total. The van der Waals surface area contributed by atoms with Gasteiger partial charge in [0.15, 0.2) is 0 Å². The summed E-state index contributed by atoms with van der Waals surface area (Å²) in [5, 5.41) is 11.1. The quantitative estimate of drug-likeness (QED) is 0.237. The molecule has 0 aliphatic carbocycles. The predicted octanol–water partition coefficient (Wildman–Crippen LogP) is 7.64. The minimum Gasteiger partial charge on any atom is -0.507 e. The van der Waals surface area contributed by atoms with Gasteiger partial charge < -0.3 is 24.2 Å². The van der Waals surface area contributed by atoms with Gasteiger partial charge in [0.1, 0.15) is 24.6 Å². The molecule has 7 nitrogen and oxygen atoms in total. The first-order valence-corrected chi connectivity index (χ1v) is 14.1. The van der Waals surface area contributed by atoms with Gasteiger partial charge in [0.25, 0.3) is 0 Å². The van der Waals surface area contributed by atoms with E-state index in [1.165, 1.54) is 0 Å². The van der Waals surface area contributed by atoms with Crippen LogP contribution in [0.1, 0.15) is 43.9 Å². The Morgan fingerprint density at radius 3 is 2.10 bits per heavy atom. The average molecular weight is 565 g/mol. The van der Waals surface area contributed by atoms with Crippen molar-refractivity contribution in [3.05, 3.63) is 114 Å². The van der Waals surface area contributed by atoms with Crippen molar-refractivity contribution in [2.45, 2.75) is 46.0 Å². The molecule has 216 valence electrons. The standard InChI is InChI=1S/C35H36N2O5/c1-35(2,3)42-34(39)37-20-18-27(19-21-37)29-15-14-28(22-31(29)38)30-16-17-32(40-23-25-10-6-4-7-11-25)36-33(30)41-24-26-12-8-5-9-13-26/h4-18,22,38H,19-21,23-24H2,1-3H3. The molecule has 42 heavy (non-hydrogen) atoms. The van der Waals surface area contributed by atoms with Gasteiger partial charge in [-0.3, -0.25) is 0 Å². The van der Waals surface area contributed by atoms with E-state index in [9.17, 15) is 9.90 Å². The van der Waals surface area contributed by atoms with Crippen molar-refractivity contribution in [2.75, 3.05) is 13.1 Å². The zero-order chi connectivity index (χ0) is 29.5. The summed E-state index contributed by atoms with van der Waals surface area (Å²) in [6.45, 7) is 7.25. The Labute approximate surface area is 247 Å². The fourth-order valence-electron chi connectivity index (χ4n) is 4.67. The summed E-state index contributed by atoms with van der Waals surface area (Å²) in [5.41, 5.74) is 4.76. The molecule has 3 aromatic carbocycles. The second-order valence-electron chi connectivity index (χ2n) is 11.2. The first kappa shape index (κ1) is 28.7. The molecule has 5 rings (SSSR count). The van der Waals surface area contributed by atoms with Crippen LogP contribution in [0.2, 0.25) is 0 Å². The molecule has 0 atom stereocenters. The smallest absolute Gasteiger partial charge is 0.410 e. The minimum absolute atomic E-state index is 0.155. The number of rotatable bonds is 8. The lowest BCUT2D eigenvalue weighted by atomic mass is 9.96. The number of carbonyl (C=O) groups excluding carboxylic acids is 1. The fourth-order valence-corrected chi connectivity index (χ4v) is 4.67. The maximum Gasteiger partial charge on any atom is 0.410 e. The number of carbonyl (C=O) groups is 1. The van der Waals surface area contributed by atoms with Gasteiger partial charge in [0.2, 0.25) is 11.8 Å². The summed E-state index contributed by atoms with van der Waals surface area (Å²) in [4.78, 5) is 18.8. The molecular formula is C35H36N2O5. The number of aromatic hydroxyl groups is 1. The highest BCUT2D eigenvalue weighted by Crippen LogP contribution is 2.37. The monoisotopic (exact) mass is 564 g/mol. The summed E-state index contributed by atoms with van der Waals surface area (Å²) in [6.07, 6.45) is 2.26. The minimum atomic E-state index is -0.542. The van der Waals surface area contributed by atoms with Crippen molar-refractivity contribution in [3.63, 3.8) is 0 Å². The first-order valence-electron chi connectivity index (χ1n) is 14.1. The van der Waals surface area contributed by atoms with Crippen molar-refractivity contribution < 1.29 is 24.1 Å². The molecule has 1 aliphatic rings. The topological polar surface area (TPSA) is 81.1 Å². The lowest BCUT2D eigenvalue weighted by Gasteiger charge is -2.29. The Morgan fingerprint density at radius 2 is 1.50 bits per heavy atom. The van der Waals surface area contributed by atoms with Crippen LogP contribution >= 0.6 is 0 Å². The second-order valence-corrected chi connectivity index (χ2v) is 11.2. The van der Waals surface area contributed by atoms with E-state index in [2.05, 4.69) is 4.98 Å². The third-order valence-electron chi connectivity index (χ3n) is 6.80. The third kappa shape index (κ3) is 7.49. The summed E-state index contributed by atoms with van der Waals surface area (Å²) in [6, 6.07) is 29.1. The number of amides is 1. The van der Waals surface area contributed by atoms with E-state index in [1.807, 2.05) is 112 Å². The summed E-state index contributed by atoms with van der Waals surface area (Å²) >= 11 is 0. The molecule has 4 aromatic rings. The van der Waals surface area contributed by atoms with Crippen molar-refractivity contribution in [1.82, 2.24) is 9.88 Å². The second kappa shape index (κ2) is 12.8.